The summed E-state index contributed by atoms with van der Waals surface area (Å²) in [6, 6.07) is 17.1. The number of likely N-dealkylation sites (tertiary alicyclic amines) is 1. The van der Waals surface area contributed by atoms with Crippen molar-refractivity contribution >= 4 is 22.6 Å². The molecule has 1 aromatic heterocycles. The summed E-state index contributed by atoms with van der Waals surface area (Å²) in [7, 11) is 0. The number of hydrogen-bond donors (Lipinski definition) is 3. The van der Waals surface area contributed by atoms with Gasteiger partial charge in [-0.25, -0.2) is 4.59 Å². The Balaban J connectivity index is 1.50. The molecule has 0 spiro atoms. The van der Waals surface area contributed by atoms with Gasteiger partial charge >= 0.3 is 0 Å². The second kappa shape index (κ2) is 9.57. The minimum atomic E-state index is -0.576. The minimum Gasteiger partial charge on any atom is -0.360 e. The molecule has 0 unspecified atom stereocenters. The first-order valence-electron chi connectivity index (χ1n) is 11.5. The number of benzene rings is 2. The number of carbonyl (C=O) groups excluding carboxylic acids is 2. The van der Waals surface area contributed by atoms with E-state index in [2.05, 4.69) is 35.6 Å². The molecule has 1 atom stereocenters. The minimum absolute atomic E-state index is 0.110. The highest BCUT2D eigenvalue weighted by molar-refractivity contribution is 6.00. The van der Waals surface area contributed by atoms with Crippen molar-refractivity contribution in [1.29, 1.82) is 0 Å². The molecule has 6 nitrogen and oxygen atoms in total. The molecule has 1 aliphatic rings. The van der Waals surface area contributed by atoms with Crippen molar-refractivity contribution in [2.45, 2.75) is 45.7 Å². The fourth-order valence-electron chi connectivity index (χ4n) is 4.63. The van der Waals surface area contributed by atoms with Gasteiger partial charge in [-0.3, -0.25) is 9.59 Å². The van der Waals surface area contributed by atoms with E-state index in [-0.39, 0.29) is 17.7 Å². The number of quaternary nitrogens is 1. The zero-order valence-corrected chi connectivity index (χ0v) is 18.9. The highest BCUT2D eigenvalue weighted by atomic mass is 16.2. The van der Waals surface area contributed by atoms with Gasteiger partial charge in [0.25, 0.3) is 11.8 Å². The number of nitrogens with zero attached hydrogens (tertiary/aromatic N) is 1. The molecule has 2 aromatic carbocycles. The maximum absolute atomic E-state index is 13.4. The number of aromatic nitrogens is 1. The van der Waals surface area contributed by atoms with Gasteiger partial charge in [0, 0.05) is 24.6 Å². The van der Waals surface area contributed by atoms with Gasteiger partial charge in [0.1, 0.15) is 25.7 Å². The largest absolute Gasteiger partial charge is 0.360 e. The summed E-state index contributed by atoms with van der Waals surface area (Å²) in [5.74, 6) is -0.0479. The Bertz CT molecular complexity index is 1070. The lowest BCUT2D eigenvalue weighted by Gasteiger charge is -2.34. The number of aromatic amines is 1. The summed E-state index contributed by atoms with van der Waals surface area (Å²) < 4.78 is 0.528. The Kier molecular flexibility index (Phi) is 6.61. The summed E-state index contributed by atoms with van der Waals surface area (Å²) >= 11 is 0. The molecule has 1 fully saturated rings. The molecule has 2 heterocycles. The van der Waals surface area contributed by atoms with Gasteiger partial charge in [-0.1, -0.05) is 44.2 Å². The van der Waals surface area contributed by atoms with Crippen LogP contribution in [0.5, 0.6) is 0 Å². The Labute approximate surface area is 189 Å². The summed E-state index contributed by atoms with van der Waals surface area (Å²) in [5, 5.41) is 5.11. The highest BCUT2D eigenvalue weighted by Crippen LogP contribution is 2.21. The van der Waals surface area contributed by atoms with Gasteiger partial charge in [-0.05, 0) is 47.4 Å². The second-order valence-electron chi connectivity index (χ2n) is 9.35. The molecule has 0 saturated carbocycles. The van der Waals surface area contributed by atoms with E-state index in [1.807, 2.05) is 54.7 Å². The van der Waals surface area contributed by atoms with Crippen LogP contribution in [-0.2, 0) is 11.3 Å². The fraction of sp³-hybridized carbons (Fsp3) is 0.385. The van der Waals surface area contributed by atoms with Gasteiger partial charge < -0.3 is 10.3 Å². The van der Waals surface area contributed by atoms with Crippen LogP contribution < -0.4 is 10.7 Å². The standard InChI is InChI=1S/C26H32N4O2/c1-19(2)16-24(28-25(31)22-12-11-20-8-3-4-9-21(20)17-22)26(32)29-30(14-5-6-15-30)18-23-10-7-13-27-23/h3-4,7-13,17,19,24,27H,5-6,14-16,18H2,1-2H3,(H-,28,29,31,32)/p+1/t24-/m0/s1. The Hall–Kier alpha value is -3.12. The lowest BCUT2D eigenvalue weighted by molar-refractivity contribution is -0.963. The molecule has 0 aliphatic carbocycles. The predicted octanol–water partition coefficient (Wildman–Crippen LogP) is 4.15. The lowest BCUT2D eigenvalue weighted by Crippen LogP contribution is -2.62. The molecule has 32 heavy (non-hydrogen) atoms. The first-order chi connectivity index (χ1) is 15.4. The zero-order chi connectivity index (χ0) is 22.6. The van der Waals surface area contributed by atoms with Crippen LogP contribution in [0.4, 0.5) is 0 Å². The number of nitrogens with one attached hydrogen (secondary N) is 3. The molecule has 3 N–H and O–H groups in total. The lowest BCUT2D eigenvalue weighted by atomic mass is 10.0. The first kappa shape index (κ1) is 22.1. The van der Waals surface area contributed by atoms with Crippen LogP contribution in [0.1, 0.15) is 49.2 Å². The van der Waals surface area contributed by atoms with Gasteiger partial charge in [-0.15, -0.1) is 0 Å². The van der Waals surface area contributed by atoms with E-state index in [4.69, 9.17) is 0 Å². The first-order valence-corrected chi connectivity index (χ1v) is 11.5. The predicted molar refractivity (Wildman–Crippen MR) is 127 cm³/mol. The number of H-pyrrole nitrogens is 1. The van der Waals surface area contributed by atoms with Gasteiger partial charge in [0.2, 0.25) is 0 Å². The van der Waals surface area contributed by atoms with Crippen LogP contribution in [0.25, 0.3) is 10.8 Å². The van der Waals surface area contributed by atoms with Crippen LogP contribution in [0.15, 0.2) is 60.8 Å². The fourth-order valence-corrected chi connectivity index (χ4v) is 4.63. The number of carbonyl (C=O) groups is 2. The van der Waals surface area contributed by atoms with Crippen molar-refractivity contribution in [1.82, 2.24) is 15.7 Å². The van der Waals surface area contributed by atoms with Crippen molar-refractivity contribution in [3.05, 3.63) is 72.1 Å². The molecule has 4 rings (SSSR count). The SMILES string of the molecule is CC(C)C[C@H](NC(=O)c1ccc2ccccc2c1)C(=O)N[N+]1(Cc2ccc[nH]2)CCCC1. The molecular formula is C26H33N4O2+. The molecule has 2 amide bonds. The number of hydrogen-bond acceptors (Lipinski definition) is 2. The van der Waals surface area contributed by atoms with Crippen LogP contribution >= 0.6 is 0 Å². The van der Waals surface area contributed by atoms with E-state index >= 15 is 0 Å². The van der Waals surface area contributed by atoms with E-state index in [9.17, 15) is 9.59 Å². The normalized spacial score (nSPS) is 16.2. The average molecular weight is 434 g/mol. The molecule has 1 aliphatic heterocycles. The van der Waals surface area contributed by atoms with Crippen molar-refractivity contribution < 1.29 is 14.2 Å². The highest BCUT2D eigenvalue weighted by Gasteiger charge is 2.37. The quantitative estimate of drug-likeness (QED) is 0.467. The second-order valence-corrected chi connectivity index (χ2v) is 9.35. The monoisotopic (exact) mass is 433 g/mol. The molecule has 3 aromatic rings. The molecule has 6 heteroatoms. The third-order valence-electron chi connectivity index (χ3n) is 6.25. The van der Waals surface area contributed by atoms with Gasteiger partial charge in [0.05, 0.1) is 5.69 Å². The smallest absolute Gasteiger partial charge is 0.287 e. The maximum Gasteiger partial charge on any atom is 0.287 e. The van der Waals surface area contributed by atoms with E-state index in [1.165, 1.54) is 0 Å². The Morgan fingerprint density at radius 2 is 1.75 bits per heavy atom. The van der Waals surface area contributed by atoms with E-state index in [0.717, 1.165) is 48.9 Å². The Morgan fingerprint density at radius 1 is 1.00 bits per heavy atom. The van der Waals surface area contributed by atoms with Crippen LogP contribution in [0.3, 0.4) is 0 Å². The maximum atomic E-state index is 13.4. The summed E-state index contributed by atoms with van der Waals surface area (Å²) in [5.41, 5.74) is 4.96. The van der Waals surface area contributed by atoms with Gasteiger partial charge in [-0.2, -0.15) is 5.43 Å². The van der Waals surface area contributed by atoms with Crippen molar-refractivity contribution in [2.24, 2.45) is 5.92 Å². The molecule has 0 bridgehead atoms. The van der Waals surface area contributed by atoms with Crippen molar-refractivity contribution in [3.8, 4) is 0 Å². The number of fused-ring (bicyclic) bond motifs is 1. The van der Waals surface area contributed by atoms with Crippen LogP contribution in [0, 0.1) is 5.92 Å². The summed E-state index contributed by atoms with van der Waals surface area (Å²) in [6.45, 7) is 6.67. The van der Waals surface area contributed by atoms with Crippen molar-refractivity contribution in [3.63, 3.8) is 0 Å². The molecular weight excluding hydrogens is 400 g/mol. The topological polar surface area (TPSA) is 74.0 Å². The number of amides is 2. The van der Waals surface area contributed by atoms with E-state index in [1.54, 1.807) is 0 Å². The number of rotatable bonds is 8. The van der Waals surface area contributed by atoms with E-state index < -0.39 is 6.04 Å². The molecule has 1 saturated heterocycles. The van der Waals surface area contributed by atoms with Crippen molar-refractivity contribution in [2.75, 3.05) is 13.1 Å². The third kappa shape index (κ3) is 5.19. The zero-order valence-electron chi connectivity index (χ0n) is 18.9. The van der Waals surface area contributed by atoms with Crippen LogP contribution in [-0.4, -0.2) is 40.5 Å². The summed E-state index contributed by atoms with van der Waals surface area (Å²) in [6.07, 6.45) is 4.67. The third-order valence-corrected chi connectivity index (χ3v) is 6.25. The molecule has 168 valence electrons. The van der Waals surface area contributed by atoms with E-state index in [0.29, 0.717) is 16.6 Å². The Morgan fingerprint density at radius 3 is 2.44 bits per heavy atom. The van der Waals surface area contributed by atoms with Gasteiger partial charge in [0.15, 0.2) is 0 Å². The molecule has 0 radical (unpaired) electrons. The van der Waals surface area contributed by atoms with Crippen LogP contribution in [0.2, 0.25) is 0 Å². The summed E-state index contributed by atoms with van der Waals surface area (Å²) in [4.78, 5) is 29.7. The average Bonchev–Trinajstić information content (AvgIpc) is 3.45.